The van der Waals surface area contributed by atoms with E-state index in [4.69, 9.17) is 0 Å². The number of alkyl halides is 3. The molecule has 252 valence electrons. The maximum Gasteiger partial charge on any atom is 0.433 e. The number of aromatic amines is 1. The van der Waals surface area contributed by atoms with Gasteiger partial charge in [0.1, 0.15) is 5.69 Å². The van der Waals surface area contributed by atoms with Gasteiger partial charge in [-0.1, -0.05) is 103 Å². The van der Waals surface area contributed by atoms with Crippen LogP contribution in [-0.2, 0) is 24.4 Å². The fraction of sp³-hybridized carbons (Fsp3) is 0.275. The number of rotatable bonds is 8. The summed E-state index contributed by atoms with van der Waals surface area (Å²) in [7, 11) is 0. The molecule has 1 aliphatic carbocycles. The zero-order valence-corrected chi connectivity index (χ0v) is 27.2. The molecule has 0 spiro atoms. The summed E-state index contributed by atoms with van der Waals surface area (Å²) < 4.78 is 43.8. The van der Waals surface area contributed by atoms with Crippen molar-refractivity contribution >= 4 is 5.69 Å². The van der Waals surface area contributed by atoms with Gasteiger partial charge < -0.3 is 15.1 Å². The normalized spacial score (nSPS) is 22.3. The minimum atomic E-state index is -4.97. The lowest BCUT2D eigenvalue weighted by atomic mass is 9.63. The van der Waals surface area contributed by atoms with Crippen molar-refractivity contribution in [3.05, 3.63) is 165 Å². The van der Waals surface area contributed by atoms with Crippen LogP contribution in [0.3, 0.4) is 0 Å². The number of allylic oxidation sites excluding steroid dienone is 1. The van der Waals surface area contributed by atoms with Gasteiger partial charge in [-0.25, -0.2) is 4.68 Å². The van der Waals surface area contributed by atoms with Crippen LogP contribution in [0.25, 0.3) is 5.69 Å². The highest BCUT2D eigenvalue weighted by Crippen LogP contribution is 2.54. The molecule has 5 aromatic rings. The molecule has 2 unspecified atom stereocenters. The molecule has 0 radical (unpaired) electrons. The number of likely N-dealkylation sites (N-methyl/N-ethyl adjacent to an activating group) is 1. The second kappa shape index (κ2) is 12.5. The Labute approximate surface area is 282 Å². The largest absolute Gasteiger partial charge is 0.851 e. The number of hydrogen-bond donors (Lipinski definition) is 1. The molecule has 9 heteroatoms. The molecule has 2 heterocycles. The number of hydrogen-bond acceptors (Lipinski definition) is 4. The zero-order valence-electron chi connectivity index (χ0n) is 27.2. The van der Waals surface area contributed by atoms with Gasteiger partial charge in [-0.2, -0.15) is 13.2 Å². The molecule has 7 rings (SSSR count). The number of nitrogens with one attached hydrogen (secondary N) is 1. The summed E-state index contributed by atoms with van der Waals surface area (Å²) in [5, 5.41) is 30.3. The van der Waals surface area contributed by atoms with Crippen LogP contribution in [0.15, 0.2) is 126 Å². The number of aromatic nitrogens is 2. The lowest BCUT2D eigenvalue weighted by molar-refractivity contribution is -0.543. The van der Waals surface area contributed by atoms with Gasteiger partial charge in [0.15, 0.2) is 0 Å². The number of benzene rings is 4. The van der Waals surface area contributed by atoms with Gasteiger partial charge in [-0.05, 0) is 73.4 Å². The van der Waals surface area contributed by atoms with Crippen molar-refractivity contribution in [1.82, 2.24) is 9.78 Å². The molecule has 1 aliphatic heterocycles. The van der Waals surface area contributed by atoms with Crippen molar-refractivity contribution < 1.29 is 23.4 Å². The first-order valence-corrected chi connectivity index (χ1v) is 16.5. The molecule has 49 heavy (non-hydrogen) atoms. The first-order valence-electron chi connectivity index (χ1n) is 16.5. The Morgan fingerprint density at radius 3 is 1.92 bits per heavy atom. The Bertz CT molecular complexity index is 1990. The third-order valence-electron chi connectivity index (χ3n) is 10.1. The molecule has 0 saturated heterocycles. The van der Waals surface area contributed by atoms with E-state index in [0.717, 1.165) is 38.3 Å². The van der Waals surface area contributed by atoms with E-state index < -0.39 is 52.5 Å². The fourth-order valence-electron chi connectivity index (χ4n) is 7.85. The number of fused-ring (bicyclic) bond motifs is 1. The number of aryl methyl sites for hydroxylation is 1. The Kier molecular flexibility index (Phi) is 8.37. The predicted molar refractivity (Wildman–Crippen MR) is 179 cm³/mol. The van der Waals surface area contributed by atoms with Crippen molar-refractivity contribution in [2.45, 2.75) is 56.4 Å². The summed E-state index contributed by atoms with van der Waals surface area (Å²) >= 11 is 0. The van der Waals surface area contributed by atoms with Crippen molar-refractivity contribution in [2.75, 3.05) is 11.4 Å². The van der Waals surface area contributed by atoms with Crippen molar-refractivity contribution in [3.63, 3.8) is 0 Å². The van der Waals surface area contributed by atoms with Crippen LogP contribution >= 0.6 is 0 Å². The van der Waals surface area contributed by atoms with E-state index in [9.17, 15) is 28.2 Å². The van der Waals surface area contributed by atoms with Crippen LogP contribution < -0.4 is 20.7 Å². The average molecular weight is 664 g/mol. The van der Waals surface area contributed by atoms with Gasteiger partial charge in [-0.3, -0.25) is 9.89 Å². The van der Waals surface area contributed by atoms with Crippen LogP contribution in [0.5, 0.6) is 0 Å². The zero-order chi connectivity index (χ0) is 34.5. The molecule has 0 amide bonds. The Balaban J connectivity index is 1.36. The summed E-state index contributed by atoms with van der Waals surface area (Å²) in [5.74, 6) is -2.80. The highest BCUT2D eigenvalue weighted by molar-refractivity contribution is 5.73. The Hall–Kier alpha value is -4.86. The summed E-state index contributed by atoms with van der Waals surface area (Å²) in [6.45, 7) is 4.59. The van der Waals surface area contributed by atoms with E-state index >= 15 is 0 Å². The molecule has 1 aromatic heterocycles. The first kappa shape index (κ1) is 32.7. The molecule has 4 aromatic carbocycles. The summed E-state index contributed by atoms with van der Waals surface area (Å²) in [6, 6.07) is 34.1. The van der Waals surface area contributed by atoms with Crippen LogP contribution in [-0.4, -0.2) is 28.5 Å². The molecule has 1 fully saturated rings. The van der Waals surface area contributed by atoms with Crippen LogP contribution in [0.1, 0.15) is 46.4 Å². The maximum atomic E-state index is 14.3. The van der Waals surface area contributed by atoms with Crippen LogP contribution in [0.2, 0.25) is 0 Å². The Morgan fingerprint density at radius 1 is 0.837 bits per heavy atom. The van der Waals surface area contributed by atoms with Crippen molar-refractivity contribution in [1.29, 1.82) is 0 Å². The van der Waals surface area contributed by atoms with Gasteiger partial charge in [0, 0.05) is 23.3 Å². The molecule has 2 atom stereocenters. The number of nitrogens with zero attached hydrogens (tertiary/aromatic N) is 2. The van der Waals surface area contributed by atoms with Gasteiger partial charge >= 0.3 is 6.18 Å². The van der Waals surface area contributed by atoms with E-state index in [1.807, 2.05) is 56.3 Å². The second-order valence-electron chi connectivity index (χ2n) is 13.1. The van der Waals surface area contributed by atoms with E-state index in [1.165, 1.54) is 12.1 Å². The highest BCUT2D eigenvalue weighted by atomic mass is 19.4. The minimum absolute atomic E-state index is 0.177. The predicted octanol–water partition coefficient (Wildman–Crippen LogP) is 5.81. The van der Waals surface area contributed by atoms with E-state index in [2.05, 4.69) is 46.4 Å². The quantitative estimate of drug-likeness (QED) is 0.227. The third-order valence-corrected chi connectivity index (χ3v) is 10.1. The van der Waals surface area contributed by atoms with Crippen molar-refractivity contribution in [2.24, 2.45) is 5.92 Å². The van der Waals surface area contributed by atoms with Crippen molar-refractivity contribution in [3.8, 4) is 5.69 Å². The first-order chi connectivity index (χ1) is 23.5. The number of halogens is 3. The summed E-state index contributed by atoms with van der Waals surface area (Å²) in [4.78, 5) is 15.7. The molecular weight excluding hydrogens is 627 g/mol. The molecule has 2 aliphatic rings. The number of H-pyrrole nitrogens is 1. The maximum absolute atomic E-state index is 14.3. The van der Waals surface area contributed by atoms with E-state index in [1.54, 1.807) is 24.3 Å². The van der Waals surface area contributed by atoms with Gasteiger partial charge in [0.25, 0.3) is 5.56 Å². The second-order valence-corrected chi connectivity index (χ2v) is 13.1. The monoisotopic (exact) mass is 663 g/mol. The lowest BCUT2D eigenvalue weighted by Crippen LogP contribution is -2.66. The van der Waals surface area contributed by atoms with Gasteiger partial charge in [-0.15, -0.1) is 12.2 Å². The average Bonchev–Trinajstić information content (AvgIpc) is 3.56. The molecule has 1 saturated carbocycles. The summed E-state index contributed by atoms with van der Waals surface area (Å²) in [6.07, 6.45) is -5.60. The fourth-order valence-corrected chi connectivity index (χ4v) is 7.85. The highest BCUT2D eigenvalue weighted by Gasteiger charge is 2.50. The summed E-state index contributed by atoms with van der Waals surface area (Å²) in [5.41, 5.74) is 2.38. The third kappa shape index (κ3) is 5.60. The molecular formula is C40H36F3N3O3-2. The number of anilines is 1. The Morgan fingerprint density at radius 2 is 1.39 bits per heavy atom. The smallest absolute Gasteiger partial charge is 0.433 e. The molecule has 1 N–H and O–H groups in total. The van der Waals surface area contributed by atoms with Gasteiger partial charge in [0.05, 0.1) is 11.3 Å². The topological polar surface area (TPSA) is 87.2 Å². The van der Waals surface area contributed by atoms with Gasteiger partial charge in [0.2, 0.25) is 0 Å². The SMILES string of the molecule is CCN1C(=CC2C([O-])C(c3c(C(F)(F)F)[nH]n(-c4ccccc4)c3=O)C2[O-])C(Cc2ccccc2)(Cc2ccccc2)c2cc(C)ccc21. The minimum Gasteiger partial charge on any atom is -0.851 e. The van der Waals surface area contributed by atoms with E-state index in [0.29, 0.717) is 19.4 Å². The van der Waals surface area contributed by atoms with E-state index in [-0.39, 0.29) is 5.69 Å². The number of para-hydroxylation sites is 1. The molecule has 0 bridgehead atoms. The standard InChI is InChI=1S/C40H36F3N3O3/c1-3-45-31-20-19-25(2)21-30(31)39(23-26-13-7-4-8-14-26,24-27-15-9-5-10-16-27)32(45)22-29-35(47)33(36(29)48)34-37(40(41,42)43)44-46(38(34)49)28-17-11-6-12-18-28/h4-22,29,33,35-36,44H,3,23-24H2,1-2H3/q-2. The lowest BCUT2D eigenvalue weighted by Gasteiger charge is -2.60. The van der Waals surface area contributed by atoms with Crippen LogP contribution in [0, 0.1) is 12.8 Å². The molecule has 6 nitrogen and oxygen atoms in total. The van der Waals surface area contributed by atoms with Crippen LogP contribution in [0.4, 0.5) is 18.9 Å².